The van der Waals surface area contributed by atoms with Crippen molar-refractivity contribution in [1.82, 2.24) is 0 Å². The van der Waals surface area contributed by atoms with Crippen LogP contribution in [0.1, 0.15) is 200 Å². The van der Waals surface area contributed by atoms with Crippen LogP contribution in [0.5, 0.6) is 0 Å². The Hall–Kier alpha value is -0.990. The van der Waals surface area contributed by atoms with E-state index < -0.39 is 32.5 Å². The molecule has 3 N–H and O–H groups in total. The van der Waals surface area contributed by atoms with Crippen molar-refractivity contribution in [3.8, 4) is 0 Å². The molecular weight excluding hydrogens is 629 g/mol. The van der Waals surface area contributed by atoms with Gasteiger partial charge in [0.05, 0.1) is 13.2 Å². The molecule has 0 saturated heterocycles. The van der Waals surface area contributed by atoms with Gasteiger partial charge in [-0.1, -0.05) is 174 Å². The summed E-state index contributed by atoms with van der Waals surface area (Å²) in [5.74, 6) is -0.832. The summed E-state index contributed by atoms with van der Waals surface area (Å²) >= 11 is 0. The quantitative estimate of drug-likeness (QED) is 0.0365. The lowest BCUT2D eigenvalue weighted by Crippen LogP contribution is -2.29. The first kappa shape index (κ1) is 47.0. The third kappa shape index (κ3) is 34.9. The number of phosphoric ester groups is 1. The average Bonchev–Trinajstić information content (AvgIpc) is 3.07. The van der Waals surface area contributed by atoms with Crippen LogP contribution in [-0.2, 0) is 32.7 Å². The Morgan fingerprint density at radius 2 is 0.896 bits per heavy atom. The van der Waals surface area contributed by atoms with Gasteiger partial charge in [0.15, 0.2) is 6.10 Å². The molecule has 48 heavy (non-hydrogen) atoms. The van der Waals surface area contributed by atoms with E-state index in [2.05, 4.69) is 13.8 Å². The Morgan fingerprint density at radius 1 is 0.542 bits per heavy atom. The summed E-state index contributed by atoms with van der Waals surface area (Å²) in [7, 11) is -4.35. The van der Waals surface area contributed by atoms with Crippen LogP contribution in [0.4, 0.5) is 0 Å². The molecule has 0 rings (SSSR count). The maximum atomic E-state index is 12.5. The van der Waals surface area contributed by atoms with Crippen molar-refractivity contribution < 1.29 is 37.6 Å². The Labute approximate surface area is 295 Å². The van der Waals surface area contributed by atoms with E-state index in [1.165, 1.54) is 122 Å². The fraction of sp³-hybridized carbons (Fsp3) is 0.947. The Balaban J connectivity index is 3.90. The van der Waals surface area contributed by atoms with E-state index in [0.717, 1.165) is 44.9 Å². The predicted octanol–water partition coefficient (Wildman–Crippen LogP) is 10.9. The van der Waals surface area contributed by atoms with Crippen LogP contribution in [-0.4, -0.2) is 49.3 Å². The number of rotatable bonds is 38. The van der Waals surface area contributed by atoms with Crippen LogP contribution in [0.2, 0.25) is 0 Å². The second-order valence-electron chi connectivity index (χ2n) is 13.5. The van der Waals surface area contributed by atoms with Gasteiger partial charge in [0.25, 0.3) is 0 Å². The van der Waals surface area contributed by atoms with Crippen LogP contribution < -0.4 is 5.73 Å². The minimum Gasteiger partial charge on any atom is -0.462 e. The molecular formula is C38H76NO8P. The molecule has 0 aromatic heterocycles. The lowest BCUT2D eigenvalue weighted by molar-refractivity contribution is -0.161. The van der Waals surface area contributed by atoms with Gasteiger partial charge in [-0.2, -0.15) is 0 Å². The Bertz CT molecular complexity index is 769. The zero-order valence-electron chi connectivity index (χ0n) is 31.2. The summed E-state index contributed by atoms with van der Waals surface area (Å²) < 4.78 is 32.5. The highest BCUT2D eigenvalue weighted by molar-refractivity contribution is 7.47. The third-order valence-electron chi connectivity index (χ3n) is 8.74. The van der Waals surface area contributed by atoms with E-state index in [9.17, 15) is 19.0 Å². The summed E-state index contributed by atoms with van der Waals surface area (Å²) in [5.41, 5.74) is 5.31. The molecule has 0 radical (unpaired) electrons. The molecule has 0 heterocycles. The van der Waals surface area contributed by atoms with Gasteiger partial charge < -0.3 is 20.1 Å². The summed E-state index contributed by atoms with van der Waals surface area (Å²) in [6, 6.07) is 0. The van der Waals surface area contributed by atoms with E-state index in [4.69, 9.17) is 24.3 Å². The zero-order valence-corrected chi connectivity index (χ0v) is 32.1. The molecule has 10 heteroatoms. The first-order valence-corrected chi connectivity index (χ1v) is 21.5. The second-order valence-corrected chi connectivity index (χ2v) is 15.0. The lowest BCUT2D eigenvalue weighted by atomic mass is 10.0. The van der Waals surface area contributed by atoms with Crippen LogP contribution in [0.3, 0.4) is 0 Å². The highest BCUT2D eigenvalue weighted by atomic mass is 31.2. The normalized spacial score (nSPS) is 13.3. The van der Waals surface area contributed by atoms with Crippen LogP contribution in [0.15, 0.2) is 0 Å². The number of nitrogens with two attached hydrogens (primary N) is 1. The fourth-order valence-corrected chi connectivity index (χ4v) is 6.52. The molecule has 2 atom stereocenters. The van der Waals surface area contributed by atoms with Crippen LogP contribution in [0, 0.1) is 0 Å². The van der Waals surface area contributed by atoms with Gasteiger partial charge in [0.1, 0.15) is 6.61 Å². The van der Waals surface area contributed by atoms with E-state index in [-0.39, 0.29) is 32.6 Å². The Morgan fingerprint density at radius 3 is 1.27 bits per heavy atom. The standard InChI is InChI=1S/C38H76NO8P/c1-3-5-7-9-10-11-12-13-14-15-16-17-18-19-20-21-22-23-24-25-27-29-31-38(41)47-36(35-46-48(42,43)45-33-32-39)34-44-37(40)30-28-26-8-6-4-2/h36H,3-35,39H2,1-2H3,(H,42,43). The molecule has 286 valence electrons. The topological polar surface area (TPSA) is 134 Å². The fourth-order valence-electron chi connectivity index (χ4n) is 5.75. The zero-order chi connectivity index (χ0) is 35.4. The summed E-state index contributed by atoms with van der Waals surface area (Å²) in [4.78, 5) is 34.4. The van der Waals surface area contributed by atoms with Gasteiger partial charge in [-0.05, 0) is 12.8 Å². The Kier molecular flexibility index (Phi) is 35.1. The summed E-state index contributed by atoms with van der Waals surface area (Å²) in [6.07, 6.45) is 33.3. The molecule has 0 aromatic rings. The van der Waals surface area contributed by atoms with Crippen molar-refractivity contribution in [2.24, 2.45) is 5.73 Å². The van der Waals surface area contributed by atoms with Crippen molar-refractivity contribution >= 4 is 19.8 Å². The third-order valence-corrected chi connectivity index (χ3v) is 9.73. The summed E-state index contributed by atoms with van der Waals surface area (Å²) in [5, 5.41) is 0. The number of phosphoric acid groups is 1. The van der Waals surface area contributed by atoms with Gasteiger partial charge in [-0.25, -0.2) is 4.57 Å². The van der Waals surface area contributed by atoms with Crippen molar-refractivity contribution in [3.63, 3.8) is 0 Å². The van der Waals surface area contributed by atoms with Gasteiger partial charge in [-0.15, -0.1) is 0 Å². The van der Waals surface area contributed by atoms with Crippen molar-refractivity contribution in [3.05, 3.63) is 0 Å². The number of carbonyl (C=O) groups excluding carboxylic acids is 2. The van der Waals surface area contributed by atoms with Crippen molar-refractivity contribution in [2.45, 2.75) is 206 Å². The van der Waals surface area contributed by atoms with Crippen molar-refractivity contribution in [2.75, 3.05) is 26.4 Å². The molecule has 0 spiro atoms. The molecule has 0 fully saturated rings. The maximum absolute atomic E-state index is 12.5. The highest BCUT2D eigenvalue weighted by Gasteiger charge is 2.26. The largest absolute Gasteiger partial charge is 0.472 e. The molecule has 0 bridgehead atoms. The van der Waals surface area contributed by atoms with E-state index in [1.54, 1.807) is 0 Å². The molecule has 0 aliphatic carbocycles. The number of hydrogen-bond donors (Lipinski definition) is 2. The summed E-state index contributed by atoms with van der Waals surface area (Å²) in [6.45, 7) is 3.66. The number of hydrogen-bond acceptors (Lipinski definition) is 8. The van der Waals surface area contributed by atoms with Crippen LogP contribution in [0.25, 0.3) is 0 Å². The minimum absolute atomic E-state index is 0.0573. The number of carbonyl (C=O) groups is 2. The number of ether oxygens (including phenoxy) is 2. The van der Waals surface area contributed by atoms with Gasteiger partial charge in [-0.3, -0.25) is 18.6 Å². The molecule has 0 aromatic carbocycles. The molecule has 9 nitrogen and oxygen atoms in total. The van der Waals surface area contributed by atoms with E-state index in [0.29, 0.717) is 6.42 Å². The first-order chi connectivity index (χ1) is 23.3. The number of esters is 2. The lowest BCUT2D eigenvalue weighted by Gasteiger charge is -2.19. The average molecular weight is 706 g/mol. The molecule has 0 saturated carbocycles. The minimum atomic E-state index is -4.35. The molecule has 0 amide bonds. The smallest absolute Gasteiger partial charge is 0.462 e. The molecule has 2 unspecified atom stereocenters. The van der Waals surface area contributed by atoms with Gasteiger partial charge in [0, 0.05) is 19.4 Å². The molecule has 0 aliphatic rings. The van der Waals surface area contributed by atoms with E-state index in [1.807, 2.05) is 0 Å². The van der Waals surface area contributed by atoms with E-state index >= 15 is 0 Å². The van der Waals surface area contributed by atoms with Gasteiger partial charge in [0.2, 0.25) is 0 Å². The number of unbranched alkanes of at least 4 members (excludes halogenated alkanes) is 25. The highest BCUT2D eigenvalue weighted by Crippen LogP contribution is 2.43. The van der Waals surface area contributed by atoms with Crippen molar-refractivity contribution in [1.29, 1.82) is 0 Å². The van der Waals surface area contributed by atoms with Crippen LogP contribution >= 0.6 is 7.82 Å². The maximum Gasteiger partial charge on any atom is 0.472 e. The second kappa shape index (κ2) is 35.8. The monoisotopic (exact) mass is 706 g/mol. The predicted molar refractivity (Wildman–Crippen MR) is 197 cm³/mol. The first-order valence-electron chi connectivity index (χ1n) is 20.0. The SMILES string of the molecule is CCCCCCCCCCCCCCCCCCCCCCCCC(=O)OC(COC(=O)CCCCCCC)COP(=O)(O)OCCN. The molecule has 0 aliphatic heterocycles. The van der Waals surface area contributed by atoms with Gasteiger partial charge >= 0.3 is 19.8 Å².